The molecular weight excluding hydrogens is 266 g/mol. The largest absolute Gasteiger partial charge is 0.294 e. The molecule has 4 nitrogen and oxygen atoms in total. The van der Waals surface area contributed by atoms with Crippen LogP contribution in [0.1, 0.15) is 23.7 Å². The predicted octanol–water partition coefficient (Wildman–Crippen LogP) is 2.20. The molecule has 106 valence electrons. The Bertz CT molecular complexity index is 676. The van der Waals surface area contributed by atoms with E-state index in [-0.39, 0.29) is 41.3 Å². The summed E-state index contributed by atoms with van der Waals surface area (Å²) in [5.74, 6) is -0.507. The van der Waals surface area contributed by atoms with Crippen LogP contribution in [0.5, 0.6) is 0 Å². The fourth-order valence-corrected chi connectivity index (χ4v) is 4.11. The number of Topliss-reactive ketones (excluding diaryl/α,β-unsaturated/α-hetero) is 1. The lowest BCUT2D eigenvalue weighted by Crippen LogP contribution is -2.34. The third-order valence-corrected chi connectivity index (χ3v) is 4.99. The van der Waals surface area contributed by atoms with Crippen LogP contribution < -0.4 is 4.90 Å². The average molecular weight is 281 g/mol. The number of carbonyl (C=O) groups excluding carboxylic acids is 3. The summed E-state index contributed by atoms with van der Waals surface area (Å²) in [6.07, 6.45) is 5.05. The Morgan fingerprint density at radius 1 is 1.05 bits per heavy atom. The van der Waals surface area contributed by atoms with Crippen LogP contribution in [-0.2, 0) is 9.59 Å². The van der Waals surface area contributed by atoms with E-state index in [1.165, 1.54) is 11.8 Å². The van der Waals surface area contributed by atoms with Crippen LogP contribution >= 0.6 is 0 Å². The molecule has 1 saturated heterocycles. The molecule has 1 saturated carbocycles. The van der Waals surface area contributed by atoms with Crippen molar-refractivity contribution in [3.05, 3.63) is 42.0 Å². The van der Waals surface area contributed by atoms with E-state index in [2.05, 4.69) is 12.2 Å². The molecule has 2 amide bonds. The highest BCUT2D eigenvalue weighted by atomic mass is 16.2. The number of amides is 2. The molecule has 4 heteroatoms. The molecule has 2 aliphatic carbocycles. The SMILES string of the molecule is CC(=O)c1ccccc1N1C(=O)[C@@H]2[C@H](C1=O)[C@@H]1C=C[C@H]2C1. The first kappa shape index (κ1) is 12.5. The van der Waals surface area contributed by atoms with Gasteiger partial charge in [-0.1, -0.05) is 24.3 Å². The zero-order valence-electron chi connectivity index (χ0n) is 11.7. The number of imide groups is 1. The van der Waals surface area contributed by atoms with Crippen molar-refractivity contribution in [2.45, 2.75) is 13.3 Å². The molecule has 1 heterocycles. The standard InChI is InChI=1S/C17H15NO3/c1-9(19)12-4-2-3-5-13(12)18-16(20)14-10-6-7-11(8-10)15(14)17(18)21/h2-7,10-11,14-15H,8H2,1H3/t10-,11+,14-,15+. The van der Waals surface area contributed by atoms with E-state index < -0.39 is 0 Å². The van der Waals surface area contributed by atoms with Crippen molar-refractivity contribution >= 4 is 23.3 Å². The number of nitrogens with zero attached hydrogens (tertiary/aromatic N) is 1. The van der Waals surface area contributed by atoms with Crippen molar-refractivity contribution < 1.29 is 14.4 Å². The van der Waals surface area contributed by atoms with Crippen molar-refractivity contribution in [2.75, 3.05) is 4.90 Å². The fourth-order valence-electron chi connectivity index (χ4n) is 4.11. The minimum absolute atomic E-state index is 0.135. The number of hydrogen-bond donors (Lipinski definition) is 0. The van der Waals surface area contributed by atoms with E-state index in [0.29, 0.717) is 11.3 Å². The van der Waals surface area contributed by atoms with E-state index in [0.717, 1.165) is 6.42 Å². The quantitative estimate of drug-likeness (QED) is 0.474. The lowest BCUT2D eigenvalue weighted by atomic mass is 9.85. The minimum Gasteiger partial charge on any atom is -0.294 e. The molecule has 0 radical (unpaired) electrons. The maximum absolute atomic E-state index is 12.7. The highest BCUT2D eigenvalue weighted by molar-refractivity contribution is 6.24. The van der Waals surface area contributed by atoms with Crippen LogP contribution in [0, 0.1) is 23.7 Å². The molecule has 0 spiro atoms. The van der Waals surface area contributed by atoms with Gasteiger partial charge in [-0.3, -0.25) is 14.4 Å². The van der Waals surface area contributed by atoms with E-state index in [1.54, 1.807) is 24.3 Å². The summed E-state index contributed by atoms with van der Waals surface area (Å²) >= 11 is 0. The Labute approximate surface area is 122 Å². The van der Waals surface area contributed by atoms with Crippen LogP contribution in [0.2, 0.25) is 0 Å². The zero-order valence-corrected chi connectivity index (χ0v) is 11.7. The molecule has 1 aromatic rings. The summed E-state index contributed by atoms with van der Waals surface area (Å²) in [4.78, 5) is 38.5. The van der Waals surface area contributed by atoms with Gasteiger partial charge in [0.2, 0.25) is 11.8 Å². The molecule has 2 bridgehead atoms. The Morgan fingerprint density at radius 2 is 1.62 bits per heavy atom. The highest BCUT2D eigenvalue weighted by Gasteiger charge is 2.59. The number of carbonyl (C=O) groups is 3. The topological polar surface area (TPSA) is 54.5 Å². The van der Waals surface area contributed by atoms with E-state index in [1.807, 2.05) is 0 Å². The maximum Gasteiger partial charge on any atom is 0.238 e. The van der Waals surface area contributed by atoms with Gasteiger partial charge in [0.05, 0.1) is 17.5 Å². The summed E-state index contributed by atoms with van der Waals surface area (Å²) < 4.78 is 0. The summed E-state index contributed by atoms with van der Waals surface area (Å²) in [6, 6.07) is 6.85. The lowest BCUT2D eigenvalue weighted by molar-refractivity contribution is -0.123. The van der Waals surface area contributed by atoms with Crippen LogP contribution in [0.25, 0.3) is 0 Å². The Morgan fingerprint density at radius 3 is 2.19 bits per heavy atom. The van der Waals surface area contributed by atoms with Crippen LogP contribution in [-0.4, -0.2) is 17.6 Å². The number of ketones is 1. The Balaban J connectivity index is 1.80. The van der Waals surface area contributed by atoms with Gasteiger partial charge in [-0.2, -0.15) is 0 Å². The van der Waals surface area contributed by atoms with Crippen molar-refractivity contribution in [1.29, 1.82) is 0 Å². The van der Waals surface area contributed by atoms with Crippen LogP contribution in [0.15, 0.2) is 36.4 Å². The Hall–Kier alpha value is -2.23. The smallest absolute Gasteiger partial charge is 0.238 e. The predicted molar refractivity (Wildman–Crippen MR) is 76.7 cm³/mol. The van der Waals surface area contributed by atoms with Gasteiger partial charge in [0, 0.05) is 5.56 Å². The first-order chi connectivity index (χ1) is 10.1. The first-order valence-electron chi connectivity index (χ1n) is 7.25. The molecule has 21 heavy (non-hydrogen) atoms. The van der Waals surface area contributed by atoms with Gasteiger partial charge in [0.15, 0.2) is 5.78 Å². The van der Waals surface area contributed by atoms with E-state index >= 15 is 0 Å². The van der Waals surface area contributed by atoms with Gasteiger partial charge in [-0.15, -0.1) is 0 Å². The average Bonchev–Trinajstić information content (AvgIpc) is 3.13. The third kappa shape index (κ3) is 1.53. The molecule has 1 aromatic carbocycles. The van der Waals surface area contributed by atoms with Gasteiger partial charge >= 0.3 is 0 Å². The number of benzene rings is 1. The number of hydrogen-bond acceptors (Lipinski definition) is 3. The summed E-state index contributed by atoms with van der Waals surface area (Å²) in [7, 11) is 0. The molecule has 4 rings (SSSR count). The van der Waals surface area contributed by atoms with Gasteiger partial charge in [-0.25, -0.2) is 4.90 Å². The van der Waals surface area contributed by atoms with Gasteiger partial charge in [-0.05, 0) is 37.3 Å². The number of fused-ring (bicyclic) bond motifs is 5. The summed E-state index contributed by atoms with van der Waals surface area (Å²) in [5, 5.41) is 0. The number of anilines is 1. The molecule has 0 unspecified atom stereocenters. The van der Waals surface area contributed by atoms with E-state index in [4.69, 9.17) is 0 Å². The molecule has 1 aliphatic heterocycles. The van der Waals surface area contributed by atoms with Crippen molar-refractivity contribution in [1.82, 2.24) is 0 Å². The lowest BCUT2D eigenvalue weighted by Gasteiger charge is -2.19. The zero-order chi connectivity index (χ0) is 14.7. The molecule has 0 N–H and O–H groups in total. The number of para-hydroxylation sites is 1. The molecule has 0 aromatic heterocycles. The van der Waals surface area contributed by atoms with Gasteiger partial charge in [0.1, 0.15) is 0 Å². The Kier molecular flexibility index (Phi) is 2.46. The molecule has 3 aliphatic rings. The van der Waals surface area contributed by atoms with Gasteiger partial charge < -0.3 is 0 Å². The minimum atomic E-state index is -0.229. The summed E-state index contributed by atoms with van der Waals surface area (Å²) in [6.45, 7) is 1.45. The number of allylic oxidation sites excluding steroid dienone is 2. The number of rotatable bonds is 2. The van der Waals surface area contributed by atoms with Crippen molar-refractivity contribution in [3.8, 4) is 0 Å². The molecule has 4 atom stereocenters. The van der Waals surface area contributed by atoms with Crippen LogP contribution in [0.4, 0.5) is 5.69 Å². The second-order valence-corrected chi connectivity index (χ2v) is 6.09. The van der Waals surface area contributed by atoms with Crippen LogP contribution in [0.3, 0.4) is 0 Å². The second kappa shape index (κ2) is 4.13. The van der Waals surface area contributed by atoms with Crippen molar-refractivity contribution in [3.63, 3.8) is 0 Å². The normalized spacial score (nSPS) is 32.9. The second-order valence-electron chi connectivity index (χ2n) is 6.09. The van der Waals surface area contributed by atoms with Gasteiger partial charge in [0.25, 0.3) is 0 Å². The molecule has 2 fully saturated rings. The van der Waals surface area contributed by atoms with Crippen molar-refractivity contribution in [2.24, 2.45) is 23.7 Å². The third-order valence-electron chi connectivity index (χ3n) is 4.99. The maximum atomic E-state index is 12.7. The summed E-state index contributed by atoms with van der Waals surface area (Å²) in [5.41, 5.74) is 0.869. The first-order valence-corrected chi connectivity index (χ1v) is 7.25. The highest BCUT2D eigenvalue weighted by Crippen LogP contribution is 2.53. The monoisotopic (exact) mass is 281 g/mol. The van der Waals surface area contributed by atoms with E-state index in [9.17, 15) is 14.4 Å². The fraction of sp³-hybridized carbons (Fsp3) is 0.353. The molecular formula is C17H15NO3.